The zero-order chi connectivity index (χ0) is 21.4. The lowest BCUT2D eigenvalue weighted by Crippen LogP contribution is -2.30. The number of hydrogen-bond acceptors (Lipinski definition) is 7. The third-order valence-corrected chi connectivity index (χ3v) is 4.08. The van der Waals surface area contributed by atoms with Crippen LogP contribution in [0.15, 0.2) is 60.7 Å². The fourth-order valence-corrected chi connectivity index (χ4v) is 2.47. The number of nitrogens with two attached hydrogens (primary N) is 1. The molecule has 0 fully saturated rings. The van der Waals surface area contributed by atoms with Crippen molar-refractivity contribution in [2.45, 2.75) is 38.7 Å². The number of esters is 2. The van der Waals surface area contributed by atoms with Gasteiger partial charge in [0, 0.05) is 13.0 Å². The maximum atomic E-state index is 11.7. The Hall–Kier alpha value is -2.74. The molecule has 7 heteroatoms. The second-order valence-corrected chi connectivity index (χ2v) is 6.63. The third-order valence-electron chi connectivity index (χ3n) is 4.08. The van der Waals surface area contributed by atoms with Crippen LogP contribution in [0, 0.1) is 0 Å². The van der Waals surface area contributed by atoms with E-state index in [1.807, 2.05) is 60.7 Å². The molecule has 0 aromatic heterocycles. The van der Waals surface area contributed by atoms with Crippen molar-refractivity contribution in [3.8, 4) is 0 Å². The van der Waals surface area contributed by atoms with E-state index < -0.39 is 6.23 Å². The monoisotopic (exact) mass is 415 g/mol. The molecule has 1 atom stereocenters. The van der Waals surface area contributed by atoms with Crippen LogP contribution in [-0.2, 0) is 41.8 Å². The van der Waals surface area contributed by atoms with Gasteiger partial charge in [0.25, 0.3) is 0 Å². The Morgan fingerprint density at radius 2 is 1.30 bits per heavy atom. The molecule has 0 heterocycles. The first kappa shape index (κ1) is 23.5. The molecule has 7 nitrogen and oxygen atoms in total. The minimum atomic E-state index is -0.620. The fourth-order valence-electron chi connectivity index (χ4n) is 2.47. The first-order chi connectivity index (χ1) is 14.6. The normalized spacial score (nSPS) is 11.6. The van der Waals surface area contributed by atoms with Gasteiger partial charge in [-0.25, -0.2) is 0 Å². The molecule has 0 bridgehead atoms. The van der Waals surface area contributed by atoms with Crippen LogP contribution in [-0.4, -0.2) is 38.0 Å². The zero-order valence-electron chi connectivity index (χ0n) is 17.0. The van der Waals surface area contributed by atoms with Gasteiger partial charge in [-0.2, -0.15) is 0 Å². The maximum absolute atomic E-state index is 11.7. The van der Waals surface area contributed by atoms with Crippen LogP contribution < -0.4 is 5.73 Å². The Balaban J connectivity index is 1.42. The van der Waals surface area contributed by atoms with Crippen molar-refractivity contribution in [3.63, 3.8) is 0 Å². The van der Waals surface area contributed by atoms with Crippen molar-refractivity contribution >= 4 is 11.9 Å². The lowest BCUT2D eigenvalue weighted by Gasteiger charge is -2.13. The van der Waals surface area contributed by atoms with E-state index in [0.29, 0.717) is 13.0 Å². The summed E-state index contributed by atoms with van der Waals surface area (Å²) in [7, 11) is 0. The topological polar surface area (TPSA) is 97.1 Å². The second-order valence-electron chi connectivity index (χ2n) is 6.63. The predicted molar refractivity (Wildman–Crippen MR) is 111 cm³/mol. The van der Waals surface area contributed by atoms with Crippen LogP contribution in [0.1, 0.15) is 30.4 Å². The minimum Gasteiger partial charge on any atom is -0.461 e. The van der Waals surface area contributed by atoms with Crippen LogP contribution in [0.25, 0.3) is 0 Å². The largest absolute Gasteiger partial charge is 0.461 e. The lowest BCUT2D eigenvalue weighted by atomic mass is 10.2. The van der Waals surface area contributed by atoms with Gasteiger partial charge in [0.15, 0.2) is 0 Å². The SMILES string of the molecule is NC(COCCC(=O)OCc1ccccc1)OCCCC(=O)OCc1ccccc1. The molecule has 0 aliphatic heterocycles. The molecule has 0 spiro atoms. The van der Waals surface area contributed by atoms with Gasteiger partial charge in [-0.15, -0.1) is 0 Å². The minimum absolute atomic E-state index is 0.146. The van der Waals surface area contributed by atoms with Gasteiger partial charge in [0.1, 0.15) is 19.4 Å². The number of ether oxygens (including phenoxy) is 4. The Kier molecular flexibility index (Phi) is 11.2. The van der Waals surface area contributed by atoms with Crippen LogP contribution in [0.3, 0.4) is 0 Å². The van der Waals surface area contributed by atoms with Crippen molar-refractivity contribution in [1.82, 2.24) is 0 Å². The van der Waals surface area contributed by atoms with Crippen molar-refractivity contribution < 1.29 is 28.5 Å². The summed E-state index contributed by atoms with van der Waals surface area (Å²) in [5.41, 5.74) is 7.68. The molecule has 2 N–H and O–H groups in total. The van der Waals surface area contributed by atoms with Crippen molar-refractivity contribution in [1.29, 1.82) is 0 Å². The first-order valence-electron chi connectivity index (χ1n) is 9.97. The molecule has 2 aromatic carbocycles. The predicted octanol–water partition coefficient (Wildman–Crippen LogP) is 2.96. The molecule has 1 unspecified atom stereocenters. The van der Waals surface area contributed by atoms with Gasteiger partial charge in [0.2, 0.25) is 0 Å². The molecule has 2 rings (SSSR count). The average molecular weight is 415 g/mol. The highest BCUT2D eigenvalue weighted by Crippen LogP contribution is 2.04. The quantitative estimate of drug-likeness (QED) is 0.288. The van der Waals surface area contributed by atoms with E-state index in [0.717, 1.165) is 11.1 Å². The highest BCUT2D eigenvalue weighted by Gasteiger charge is 2.08. The lowest BCUT2D eigenvalue weighted by molar-refractivity contribution is -0.146. The molecule has 162 valence electrons. The standard InChI is InChI=1S/C23H29NO6/c24-21(18-27-15-13-23(26)30-17-20-10-5-2-6-11-20)28-14-7-12-22(25)29-16-19-8-3-1-4-9-19/h1-6,8-11,21H,7,12-18,24H2. The molecular weight excluding hydrogens is 386 g/mol. The Morgan fingerprint density at radius 1 is 0.767 bits per heavy atom. The van der Waals surface area contributed by atoms with Gasteiger partial charge in [0.05, 0.1) is 19.6 Å². The third kappa shape index (κ3) is 10.7. The van der Waals surface area contributed by atoms with Gasteiger partial charge in [-0.05, 0) is 17.5 Å². The van der Waals surface area contributed by atoms with E-state index in [9.17, 15) is 9.59 Å². The number of carbonyl (C=O) groups excluding carboxylic acids is 2. The molecule has 0 aliphatic rings. The van der Waals surface area contributed by atoms with Gasteiger partial charge < -0.3 is 24.7 Å². The maximum Gasteiger partial charge on any atom is 0.308 e. The summed E-state index contributed by atoms with van der Waals surface area (Å²) < 4.78 is 21.1. The van der Waals surface area contributed by atoms with E-state index >= 15 is 0 Å². The summed E-state index contributed by atoms with van der Waals surface area (Å²) in [4.78, 5) is 23.4. The Labute approximate surface area is 177 Å². The highest BCUT2D eigenvalue weighted by atomic mass is 16.5. The van der Waals surface area contributed by atoms with Crippen molar-refractivity contribution in [2.24, 2.45) is 5.73 Å². The van der Waals surface area contributed by atoms with Crippen molar-refractivity contribution in [2.75, 3.05) is 19.8 Å². The molecule has 0 aliphatic carbocycles. The Bertz CT molecular complexity index is 674. The number of benzene rings is 2. The number of carbonyl (C=O) groups is 2. The van der Waals surface area contributed by atoms with Gasteiger partial charge >= 0.3 is 11.9 Å². The summed E-state index contributed by atoms with van der Waals surface area (Å²) in [5, 5.41) is 0. The first-order valence-corrected chi connectivity index (χ1v) is 9.97. The van der Waals surface area contributed by atoms with E-state index in [1.165, 1.54) is 0 Å². The second kappa shape index (κ2) is 14.3. The summed E-state index contributed by atoms with van der Waals surface area (Å²) in [6.07, 6.45) is 0.291. The van der Waals surface area contributed by atoms with Crippen LogP contribution in [0.5, 0.6) is 0 Å². The smallest absolute Gasteiger partial charge is 0.308 e. The van der Waals surface area contributed by atoms with Crippen LogP contribution in [0.4, 0.5) is 0 Å². The van der Waals surface area contributed by atoms with Gasteiger partial charge in [-0.1, -0.05) is 60.7 Å². The van der Waals surface area contributed by atoms with E-state index in [4.69, 9.17) is 24.7 Å². The average Bonchev–Trinajstić information content (AvgIpc) is 2.78. The summed E-state index contributed by atoms with van der Waals surface area (Å²) in [6, 6.07) is 19.0. The molecule has 0 saturated carbocycles. The molecule has 2 aromatic rings. The number of rotatable bonds is 14. The molecule has 0 radical (unpaired) electrons. The molecule has 0 saturated heterocycles. The zero-order valence-corrected chi connectivity index (χ0v) is 17.0. The summed E-state index contributed by atoms with van der Waals surface area (Å²) >= 11 is 0. The number of hydrogen-bond donors (Lipinski definition) is 1. The van der Waals surface area contributed by atoms with E-state index in [-0.39, 0.29) is 51.2 Å². The Morgan fingerprint density at radius 3 is 1.87 bits per heavy atom. The summed E-state index contributed by atoms with van der Waals surface area (Å²) in [6.45, 7) is 1.20. The van der Waals surface area contributed by atoms with E-state index in [1.54, 1.807) is 0 Å². The van der Waals surface area contributed by atoms with Crippen LogP contribution in [0.2, 0.25) is 0 Å². The highest BCUT2D eigenvalue weighted by molar-refractivity contribution is 5.69. The summed E-state index contributed by atoms with van der Waals surface area (Å²) in [5.74, 6) is -0.608. The molecular formula is C23H29NO6. The molecule has 30 heavy (non-hydrogen) atoms. The fraction of sp³-hybridized carbons (Fsp3) is 0.391. The molecule has 0 amide bonds. The van der Waals surface area contributed by atoms with Gasteiger partial charge in [-0.3, -0.25) is 9.59 Å². The van der Waals surface area contributed by atoms with Crippen LogP contribution >= 0.6 is 0 Å². The van der Waals surface area contributed by atoms with Crippen molar-refractivity contribution in [3.05, 3.63) is 71.8 Å². The van der Waals surface area contributed by atoms with E-state index in [2.05, 4.69) is 0 Å².